The van der Waals surface area contributed by atoms with Crippen LogP contribution in [0.1, 0.15) is 29.7 Å². The van der Waals surface area contributed by atoms with Gasteiger partial charge in [0, 0.05) is 17.4 Å². The lowest BCUT2D eigenvalue weighted by atomic mass is 10.1. The van der Waals surface area contributed by atoms with Crippen molar-refractivity contribution in [3.8, 4) is 5.75 Å². The van der Waals surface area contributed by atoms with Crippen molar-refractivity contribution in [2.45, 2.75) is 25.4 Å². The highest BCUT2D eigenvalue weighted by Gasteiger charge is 2.14. The van der Waals surface area contributed by atoms with Gasteiger partial charge >= 0.3 is 0 Å². The number of hydrogen-bond acceptors (Lipinski definition) is 4. The van der Waals surface area contributed by atoms with Gasteiger partial charge in [-0.15, -0.1) is 0 Å². The van der Waals surface area contributed by atoms with Crippen LogP contribution in [0, 0.1) is 5.41 Å². The zero-order chi connectivity index (χ0) is 17.9. The Kier molecular flexibility index (Phi) is 4.63. The Labute approximate surface area is 152 Å². The highest BCUT2D eigenvalue weighted by Crippen LogP contribution is 2.24. The minimum atomic E-state index is 0.0685. The summed E-state index contributed by atoms with van der Waals surface area (Å²) >= 11 is 0. The standard InChI is InChI=1S/C21H23N3O2/c22-21(23)15-3-6-20-16(12-15)13-19(26-20)11-14-1-4-17(5-2-14)25-18-7-9-24-10-8-18/h1-6,12-13,18,24H,7-11H2,(H3,22,23). The Balaban J connectivity index is 1.45. The third-order valence-corrected chi connectivity index (χ3v) is 4.77. The van der Waals surface area contributed by atoms with E-state index in [-0.39, 0.29) is 5.84 Å². The van der Waals surface area contributed by atoms with Crippen molar-refractivity contribution in [1.82, 2.24) is 5.32 Å². The van der Waals surface area contributed by atoms with Gasteiger partial charge < -0.3 is 20.2 Å². The fourth-order valence-corrected chi connectivity index (χ4v) is 3.35. The zero-order valence-corrected chi connectivity index (χ0v) is 14.6. The van der Waals surface area contributed by atoms with Crippen molar-refractivity contribution in [2.24, 2.45) is 5.73 Å². The van der Waals surface area contributed by atoms with Crippen molar-refractivity contribution < 1.29 is 9.15 Å². The van der Waals surface area contributed by atoms with Gasteiger partial charge in [0.15, 0.2) is 0 Å². The van der Waals surface area contributed by atoms with Crippen LogP contribution in [0.2, 0.25) is 0 Å². The zero-order valence-electron chi connectivity index (χ0n) is 14.6. The molecule has 4 rings (SSSR count). The van der Waals surface area contributed by atoms with E-state index in [1.54, 1.807) is 0 Å². The summed E-state index contributed by atoms with van der Waals surface area (Å²) in [5.74, 6) is 1.89. The van der Waals surface area contributed by atoms with E-state index in [4.69, 9.17) is 20.3 Å². The van der Waals surface area contributed by atoms with Crippen LogP contribution < -0.4 is 15.8 Å². The molecule has 0 radical (unpaired) electrons. The van der Waals surface area contributed by atoms with Crippen LogP contribution in [0.15, 0.2) is 52.9 Å². The first-order valence-corrected chi connectivity index (χ1v) is 9.00. The molecule has 2 aromatic carbocycles. The van der Waals surface area contributed by atoms with Gasteiger partial charge in [-0.05, 0) is 67.9 Å². The molecule has 1 aromatic heterocycles. The molecule has 134 valence electrons. The number of nitrogens with two attached hydrogens (primary N) is 1. The first kappa shape index (κ1) is 16.7. The summed E-state index contributed by atoms with van der Waals surface area (Å²) in [6.45, 7) is 2.06. The maximum absolute atomic E-state index is 7.54. The molecule has 0 amide bonds. The molecule has 1 aliphatic rings. The first-order valence-electron chi connectivity index (χ1n) is 9.00. The van der Waals surface area contributed by atoms with Gasteiger partial charge in [-0.1, -0.05) is 12.1 Å². The van der Waals surface area contributed by atoms with Crippen molar-refractivity contribution in [2.75, 3.05) is 13.1 Å². The van der Waals surface area contributed by atoms with Crippen molar-refractivity contribution in [1.29, 1.82) is 5.41 Å². The summed E-state index contributed by atoms with van der Waals surface area (Å²) in [7, 11) is 0. The third kappa shape index (κ3) is 3.73. The van der Waals surface area contributed by atoms with Gasteiger partial charge in [0.25, 0.3) is 0 Å². The van der Waals surface area contributed by atoms with Crippen LogP contribution in [0.4, 0.5) is 0 Å². The molecule has 0 aliphatic carbocycles. The Morgan fingerprint density at radius 1 is 1.12 bits per heavy atom. The highest BCUT2D eigenvalue weighted by molar-refractivity contribution is 5.98. The lowest BCUT2D eigenvalue weighted by molar-refractivity contribution is 0.162. The number of amidine groups is 1. The number of furan rings is 1. The molecule has 0 atom stereocenters. The second-order valence-electron chi connectivity index (χ2n) is 6.77. The Bertz CT molecular complexity index is 909. The van der Waals surface area contributed by atoms with Gasteiger partial charge in [0.1, 0.15) is 29.0 Å². The maximum atomic E-state index is 7.54. The van der Waals surface area contributed by atoms with Gasteiger partial charge in [-0.2, -0.15) is 0 Å². The van der Waals surface area contributed by atoms with Crippen LogP contribution in [0.25, 0.3) is 11.0 Å². The van der Waals surface area contributed by atoms with E-state index in [1.807, 2.05) is 36.4 Å². The van der Waals surface area contributed by atoms with E-state index in [0.717, 1.165) is 54.8 Å². The average molecular weight is 349 g/mol. The number of hydrogen-bond donors (Lipinski definition) is 3. The molecule has 5 heteroatoms. The van der Waals surface area contributed by atoms with Crippen LogP contribution in [-0.2, 0) is 6.42 Å². The Morgan fingerprint density at radius 3 is 2.62 bits per heavy atom. The third-order valence-electron chi connectivity index (χ3n) is 4.77. The van der Waals surface area contributed by atoms with Crippen LogP contribution >= 0.6 is 0 Å². The quantitative estimate of drug-likeness (QED) is 0.487. The van der Waals surface area contributed by atoms with Crippen LogP contribution in [0.5, 0.6) is 5.75 Å². The molecule has 1 fully saturated rings. The fourth-order valence-electron chi connectivity index (χ4n) is 3.35. The molecule has 4 N–H and O–H groups in total. The molecule has 26 heavy (non-hydrogen) atoms. The van der Waals surface area contributed by atoms with E-state index in [0.29, 0.717) is 11.7 Å². The monoisotopic (exact) mass is 349 g/mol. The van der Waals surface area contributed by atoms with Crippen molar-refractivity contribution in [3.63, 3.8) is 0 Å². The summed E-state index contributed by atoms with van der Waals surface area (Å²) in [4.78, 5) is 0. The van der Waals surface area contributed by atoms with E-state index in [1.165, 1.54) is 5.56 Å². The first-order chi connectivity index (χ1) is 12.7. The number of ether oxygens (including phenoxy) is 1. The number of benzene rings is 2. The van der Waals surface area contributed by atoms with E-state index in [9.17, 15) is 0 Å². The van der Waals surface area contributed by atoms with E-state index in [2.05, 4.69) is 17.4 Å². The number of nitrogen functional groups attached to an aromatic ring is 1. The topological polar surface area (TPSA) is 84.3 Å². The van der Waals surface area contributed by atoms with Crippen molar-refractivity contribution in [3.05, 3.63) is 65.4 Å². The Hall–Kier alpha value is -2.79. The summed E-state index contributed by atoms with van der Waals surface area (Å²) in [5, 5.41) is 11.9. The molecular formula is C21H23N3O2. The molecule has 1 saturated heterocycles. The summed E-state index contributed by atoms with van der Waals surface area (Å²) in [6.07, 6.45) is 3.15. The highest BCUT2D eigenvalue weighted by atomic mass is 16.5. The lowest BCUT2D eigenvalue weighted by Gasteiger charge is -2.23. The van der Waals surface area contributed by atoms with Gasteiger partial charge in [0.05, 0.1) is 0 Å². The smallest absolute Gasteiger partial charge is 0.134 e. The van der Waals surface area contributed by atoms with Gasteiger partial charge in [0.2, 0.25) is 0 Å². The number of rotatable bonds is 5. The molecule has 1 aliphatic heterocycles. The second-order valence-corrected chi connectivity index (χ2v) is 6.77. The van der Waals surface area contributed by atoms with Crippen LogP contribution in [-0.4, -0.2) is 25.0 Å². The SMILES string of the molecule is N=C(N)c1ccc2oc(Cc3ccc(OC4CCNCC4)cc3)cc2c1. The molecule has 0 saturated carbocycles. The number of piperidine rings is 1. The number of fused-ring (bicyclic) bond motifs is 1. The average Bonchev–Trinajstić information content (AvgIpc) is 3.05. The predicted molar refractivity (Wildman–Crippen MR) is 103 cm³/mol. The van der Waals surface area contributed by atoms with Crippen molar-refractivity contribution >= 4 is 16.8 Å². The van der Waals surface area contributed by atoms with Gasteiger partial charge in [-0.25, -0.2) is 0 Å². The van der Waals surface area contributed by atoms with Crippen LogP contribution in [0.3, 0.4) is 0 Å². The Morgan fingerprint density at radius 2 is 1.88 bits per heavy atom. The number of nitrogens with one attached hydrogen (secondary N) is 2. The lowest BCUT2D eigenvalue weighted by Crippen LogP contribution is -2.34. The molecule has 0 bridgehead atoms. The second kappa shape index (κ2) is 7.22. The minimum Gasteiger partial charge on any atom is -0.490 e. The largest absolute Gasteiger partial charge is 0.490 e. The normalized spacial score (nSPS) is 15.2. The molecule has 0 spiro atoms. The fraction of sp³-hybridized carbons (Fsp3) is 0.286. The summed E-state index contributed by atoms with van der Waals surface area (Å²) in [6, 6.07) is 15.8. The molecule has 0 unspecified atom stereocenters. The van der Waals surface area contributed by atoms with Gasteiger partial charge in [-0.3, -0.25) is 5.41 Å². The molecule has 3 aromatic rings. The molecule has 2 heterocycles. The maximum Gasteiger partial charge on any atom is 0.134 e. The van der Waals surface area contributed by atoms with E-state index >= 15 is 0 Å². The summed E-state index contributed by atoms with van der Waals surface area (Å²) in [5.41, 5.74) is 8.26. The summed E-state index contributed by atoms with van der Waals surface area (Å²) < 4.78 is 12.0. The molecular weight excluding hydrogens is 326 g/mol. The van der Waals surface area contributed by atoms with E-state index < -0.39 is 0 Å². The predicted octanol–water partition coefficient (Wildman–Crippen LogP) is 3.44. The molecule has 5 nitrogen and oxygen atoms in total. The minimum absolute atomic E-state index is 0.0685.